The van der Waals surface area contributed by atoms with Crippen molar-refractivity contribution in [3.8, 4) is 0 Å². The van der Waals surface area contributed by atoms with Gasteiger partial charge in [0, 0.05) is 19.2 Å². The Labute approximate surface area is 109 Å². The van der Waals surface area contributed by atoms with Crippen molar-refractivity contribution in [1.82, 2.24) is 30.2 Å². The highest BCUT2D eigenvalue weighted by molar-refractivity contribution is 7.99. The summed E-state index contributed by atoms with van der Waals surface area (Å²) >= 11 is 1.43. The van der Waals surface area contributed by atoms with Crippen LogP contribution in [0.4, 0.5) is 5.82 Å². The van der Waals surface area contributed by atoms with E-state index in [1.165, 1.54) is 11.8 Å². The van der Waals surface area contributed by atoms with E-state index in [0.717, 1.165) is 29.4 Å². The van der Waals surface area contributed by atoms with Crippen LogP contribution in [0.25, 0.3) is 0 Å². The molecule has 0 aromatic carbocycles. The van der Waals surface area contributed by atoms with Crippen molar-refractivity contribution in [2.45, 2.75) is 30.5 Å². The maximum Gasteiger partial charge on any atom is 0.215 e. The first-order valence-corrected chi connectivity index (χ1v) is 6.49. The number of aryl methyl sites for hydroxylation is 1. The number of nitrogens with one attached hydrogen (secondary N) is 1. The topological polar surface area (TPSA) is 81.4 Å². The van der Waals surface area contributed by atoms with Gasteiger partial charge < -0.3 is 5.32 Å². The predicted octanol–water partition coefficient (Wildman–Crippen LogP) is 1.28. The highest BCUT2D eigenvalue weighted by atomic mass is 32.2. The molecule has 0 amide bonds. The number of aromatic nitrogens is 6. The molecule has 0 radical (unpaired) electrons. The molecule has 2 aromatic rings. The molecule has 0 atom stereocenters. The summed E-state index contributed by atoms with van der Waals surface area (Å²) in [6, 6.07) is 0. The van der Waals surface area contributed by atoms with Gasteiger partial charge in [-0.05, 0) is 35.5 Å². The number of rotatable bonds is 5. The highest BCUT2D eigenvalue weighted by Gasteiger charge is 2.11. The van der Waals surface area contributed by atoms with Crippen LogP contribution in [0.1, 0.15) is 18.9 Å². The Hall–Kier alpha value is -1.70. The predicted molar refractivity (Wildman–Crippen MR) is 68.5 cm³/mol. The number of hydrogen-bond acceptors (Lipinski definition) is 7. The minimum atomic E-state index is 0.707. The molecule has 0 unspecified atom stereocenters. The molecule has 2 rings (SSSR count). The standard InChI is InChI=1S/C10H15N7S/c1-4-5-11-8-7(2)9(13-6-12-8)18-10-14-15-16-17(10)3/h6H,4-5H2,1-3H3,(H,11,12,13). The molecule has 96 valence electrons. The summed E-state index contributed by atoms with van der Waals surface area (Å²) in [5, 5.41) is 16.2. The first-order chi connectivity index (χ1) is 8.72. The number of nitrogens with zero attached hydrogens (tertiary/aromatic N) is 6. The van der Waals surface area contributed by atoms with Crippen LogP contribution in [0.2, 0.25) is 0 Å². The van der Waals surface area contributed by atoms with E-state index in [1.54, 1.807) is 18.1 Å². The van der Waals surface area contributed by atoms with Gasteiger partial charge in [0.15, 0.2) is 0 Å². The summed E-state index contributed by atoms with van der Waals surface area (Å²) in [5.74, 6) is 0.865. The van der Waals surface area contributed by atoms with Crippen LogP contribution in [-0.4, -0.2) is 36.7 Å². The Kier molecular flexibility index (Phi) is 4.08. The van der Waals surface area contributed by atoms with Gasteiger partial charge in [-0.3, -0.25) is 0 Å². The summed E-state index contributed by atoms with van der Waals surface area (Å²) in [4.78, 5) is 8.50. The van der Waals surface area contributed by atoms with Crippen molar-refractivity contribution in [2.24, 2.45) is 7.05 Å². The molecule has 8 heteroatoms. The van der Waals surface area contributed by atoms with Crippen LogP contribution >= 0.6 is 11.8 Å². The van der Waals surface area contributed by atoms with Crippen LogP contribution in [0.15, 0.2) is 16.5 Å². The Morgan fingerprint density at radius 2 is 2.22 bits per heavy atom. The highest BCUT2D eigenvalue weighted by Crippen LogP contribution is 2.28. The van der Waals surface area contributed by atoms with Crippen LogP contribution < -0.4 is 5.32 Å². The molecular weight excluding hydrogens is 250 g/mol. The van der Waals surface area contributed by atoms with E-state index in [2.05, 4.69) is 37.7 Å². The van der Waals surface area contributed by atoms with Crippen molar-refractivity contribution >= 4 is 17.6 Å². The minimum Gasteiger partial charge on any atom is -0.370 e. The fourth-order valence-corrected chi connectivity index (χ4v) is 2.12. The molecule has 0 aliphatic carbocycles. The van der Waals surface area contributed by atoms with Crippen LogP contribution in [0.3, 0.4) is 0 Å². The van der Waals surface area contributed by atoms with Crippen LogP contribution in [0.5, 0.6) is 0 Å². The lowest BCUT2D eigenvalue weighted by Crippen LogP contribution is -2.05. The van der Waals surface area contributed by atoms with Crippen molar-refractivity contribution in [1.29, 1.82) is 0 Å². The Bertz CT molecular complexity index is 525. The third-order valence-electron chi connectivity index (χ3n) is 2.35. The monoisotopic (exact) mass is 265 g/mol. The van der Waals surface area contributed by atoms with Gasteiger partial charge in [0.2, 0.25) is 5.16 Å². The maximum atomic E-state index is 4.27. The Morgan fingerprint density at radius 3 is 2.89 bits per heavy atom. The van der Waals surface area contributed by atoms with E-state index in [-0.39, 0.29) is 0 Å². The van der Waals surface area contributed by atoms with E-state index < -0.39 is 0 Å². The van der Waals surface area contributed by atoms with E-state index in [9.17, 15) is 0 Å². The summed E-state index contributed by atoms with van der Waals surface area (Å²) in [5.41, 5.74) is 1.01. The minimum absolute atomic E-state index is 0.707. The molecule has 2 aromatic heterocycles. The fraction of sp³-hybridized carbons (Fsp3) is 0.500. The molecule has 0 fully saturated rings. The van der Waals surface area contributed by atoms with Crippen LogP contribution in [0, 0.1) is 6.92 Å². The van der Waals surface area contributed by atoms with E-state index in [1.807, 2.05) is 6.92 Å². The molecule has 0 spiro atoms. The van der Waals surface area contributed by atoms with Crippen molar-refractivity contribution in [2.75, 3.05) is 11.9 Å². The molecule has 7 nitrogen and oxygen atoms in total. The molecule has 1 N–H and O–H groups in total. The van der Waals surface area contributed by atoms with Gasteiger partial charge in [-0.1, -0.05) is 6.92 Å². The van der Waals surface area contributed by atoms with Gasteiger partial charge in [-0.15, -0.1) is 5.10 Å². The summed E-state index contributed by atoms with van der Waals surface area (Å²) in [7, 11) is 1.80. The van der Waals surface area contributed by atoms with Gasteiger partial charge in [0.05, 0.1) is 0 Å². The second-order valence-corrected chi connectivity index (χ2v) is 4.72. The molecule has 18 heavy (non-hydrogen) atoms. The fourth-order valence-electron chi connectivity index (χ4n) is 1.35. The summed E-state index contributed by atoms with van der Waals surface area (Å²) in [6.45, 7) is 5.00. The van der Waals surface area contributed by atoms with Gasteiger partial charge in [-0.2, -0.15) is 0 Å². The third kappa shape index (κ3) is 2.76. The average molecular weight is 265 g/mol. The van der Waals surface area contributed by atoms with E-state index in [0.29, 0.717) is 5.16 Å². The molecule has 0 saturated carbocycles. The van der Waals surface area contributed by atoms with Gasteiger partial charge in [0.25, 0.3) is 0 Å². The zero-order valence-electron chi connectivity index (χ0n) is 10.6. The van der Waals surface area contributed by atoms with Crippen molar-refractivity contribution in [3.63, 3.8) is 0 Å². The first kappa shape index (κ1) is 12.7. The zero-order chi connectivity index (χ0) is 13.0. The Morgan fingerprint density at radius 1 is 1.39 bits per heavy atom. The van der Waals surface area contributed by atoms with Crippen molar-refractivity contribution in [3.05, 3.63) is 11.9 Å². The van der Waals surface area contributed by atoms with E-state index >= 15 is 0 Å². The number of hydrogen-bond donors (Lipinski definition) is 1. The Balaban J connectivity index is 2.21. The largest absolute Gasteiger partial charge is 0.370 e. The summed E-state index contributed by atoms with van der Waals surface area (Å²) in [6.07, 6.45) is 2.61. The van der Waals surface area contributed by atoms with Crippen molar-refractivity contribution < 1.29 is 0 Å². The number of tetrazole rings is 1. The third-order valence-corrected chi connectivity index (χ3v) is 3.48. The van der Waals surface area contributed by atoms with E-state index in [4.69, 9.17) is 0 Å². The zero-order valence-corrected chi connectivity index (χ0v) is 11.4. The van der Waals surface area contributed by atoms with Gasteiger partial charge in [-0.25, -0.2) is 14.6 Å². The summed E-state index contributed by atoms with van der Waals surface area (Å²) < 4.78 is 1.62. The lowest BCUT2D eigenvalue weighted by molar-refractivity contribution is 0.664. The van der Waals surface area contributed by atoms with Crippen LogP contribution in [-0.2, 0) is 7.05 Å². The molecule has 0 aliphatic rings. The number of anilines is 1. The SMILES string of the molecule is CCCNc1ncnc(Sc2nnnn2C)c1C. The van der Waals surface area contributed by atoms with Gasteiger partial charge in [0.1, 0.15) is 17.2 Å². The molecule has 0 aliphatic heterocycles. The smallest absolute Gasteiger partial charge is 0.215 e. The first-order valence-electron chi connectivity index (χ1n) is 5.68. The van der Waals surface area contributed by atoms with Gasteiger partial charge >= 0.3 is 0 Å². The average Bonchev–Trinajstić information content (AvgIpc) is 2.76. The molecule has 0 bridgehead atoms. The normalized spacial score (nSPS) is 10.6. The molecular formula is C10H15N7S. The second-order valence-electron chi connectivity index (χ2n) is 3.77. The second kappa shape index (κ2) is 5.76. The lowest BCUT2D eigenvalue weighted by Gasteiger charge is -2.09. The maximum absolute atomic E-state index is 4.27. The lowest BCUT2D eigenvalue weighted by atomic mass is 10.3. The quantitative estimate of drug-likeness (QED) is 0.815. The molecule has 0 saturated heterocycles. The molecule has 2 heterocycles.